The molecule has 2 rings (SSSR count). The molecule has 1 atom stereocenters. The van der Waals surface area contributed by atoms with E-state index >= 15 is 0 Å². The van der Waals surface area contributed by atoms with E-state index in [0.717, 1.165) is 25.8 Å². The highest BCUT2D eigenvalue weighted by atomic mass is 19.1. The molecule has 6 nitrogen and oxygen atoms in total. The van der Waals surface area contributed by atoms with E-state index in [1.807, 2.05) is 0 Å². The summed E-state index contributed by atoms with van der Waals surface area (Å²) in [6.07, 6.45) is 1.08. The lowest BCUT2D eigenvalue weighted by atomic mass is 10.2. The number of nitrogen functional groups attached to an aromatic ring is 1. The Kier molecular flexibility index (Phi) is 3.93. The van der Waals surface area contributed by atoms with E-state index in [1.54, 1.807) is 0 Å². The third kappa shape index (κ3) is 3.05. The van der Waals surface area contributed by atoms with Crippen LogP contribution in [0.2, 0.25) is 0 Å². The van der Waals surface area contributed by atoms with E-state index in [2.05, 4.69) is 39.2 Å². The Labute approximate surface area is 106 Å². The number of likely N-dealkylation sites (N-methyl/N-ethyl adjacent to an activating group) is 2. The minimum absolute atomic E-state index is 0.0769. The van der Waals surface area contributed by atoms with Crippen molar-refractivity contribution in [1.82, 2.24) is 19.8 Å². The van der Waals surface area contributed by atoms with Gasteiger partial charge in [0.05, 0.1) is 6.20 Å². The van der Waals surface area contributed by atoms with Gasteiger partial charge in [-0.1, -0.05) is 0 Å². The lowest BCUT2D eigenvalue weighted by Gasteiger charge is -2.37. The SMILES string of the molecule is CN1CCN(C)C(CNc2nc(N)ncc2F)C1. The fourth-order valence-electron chi connectivity index (χ4n) is 2.04. The van der Waals surface area contributed by atoms with Crippen molar-refractivity contribution in [3.05, 3.63) is 12.0 Å². The largest absolute Gasteiger partial charge is 0.368 e. The smallest absolute Gasteiger partial charge is 0.222 e. The molecule has 1 aromatic heterocycles. The van der Waals surface area contributed by atoms with Crippen molar-refractivity contribution in [2.45, 2.75) is 6.04 Å². The molecule has 0 amide bonds. The molecule has 100 valence electrons. The molecule has 0 saturated carbocycles. The summed E-state index contributed by atoms with van der Waals surface area (Å²) in [6.45, 7) is 3.65. The number of anilines is 2. The molecule has 1 fully saturated rings. The number of piperazine rings is 1. The van der Waals surface area contributed by atoms with Gasteiger partial charge in [-0.15, -0.1) is 0 Å². The van der Waals surface area contributed by atoms with Gasteiger partial charge < -0.3 is 16.0 Å². The first kappa shape index (κ1) is 13.0. The topological polar surface area (TPSA) is 70.3 Å². The van der Waals surface area contributed by atoms with Crippen LogP contribution in [0, 0.1) is 5.82 Å². The molecule has 0 aromatic carbocycles. The molecule has 1 saturated heterocycles. The number of hydrogen-bond donors (Lipinski definition) is 2. The highest BCUT2D eigenvalue weighted by Crippen LogP contribution is 2.12. The summed E-state index contributed by atoms with van der Waals surface area (Å²) in [5.41, 5.74) is 5.44. The zero-order valence-corrected chi connectivity index (χ0v) is 10.7. The maximum Gasteiger partial charge on any atom is 0.222 e. The van der Waals surface area contributed by atoms with Crippen molar-refractivity contribution in [3.63, 3.8) is 0 Å². The van der Waals surface area contributed by atoms with Crippen LogP contribution >= 0.6 is 0 Å². The van der Waals surface area contributed by atoms with E-state index in [-0.39, 0.29) is 11.8 Å². The monoisotopic (exact) mass is 254 g/mol. The second kappa shape index (κ2) is 5.45. The Morgan fingerprint density at radius 2 is 2.28 bits per heavy atom. The number of aromatic nitrogens is 2. The van der Waals surface area contributed by atoms with Gasteiger partial charge in [0, 0.05) is 32.2 Å². The van der Waals surface area contributed by atoms with Crippen molar-refractivity contribution in [2.24, 2.45) is 0 Å². The summed E-state index contributed by atoms with van der Waals surface area (Å²) in [4.78, 5) is 12.0. The molecule has 0 bridgehead atoms. The van der Waals surface area contributed by atoms with Gasteiger partial charge in [0.15, 0.2) is 11.6 Å². The van der Waals surface area contributed by atoms with Crippen LogP contribution in [0.3, 0.4) is 0 Å². The quantitative estimate of drug-likeness (QED) is 0.782. The lowest BCUT2D eigenvalue weighted by Crippen LogP contribution is -2.52. The second-order valence-electron chi connectivity index (χ2n) is 4.70. The fraction of sp³-hybridized carbons (Fsp3) is 0.636. The van der Waals surface area contributed by atoms with Gasteiger partial charge in [-0.05, 0) is 14.1 Å². The Bertz CT molecular complexity index is 413. The average Bonchev–Trinajstić information content (AvgIpc) is 2.34. The van der Waals surface area contributed by atoms with Crippen LogP contribution in [0.25, 0.3) is 0 Å². The van der Waals surface area contributed by atoms with Gasteiger partial charge in [0.25, 0.3) is 0 Å². The second-order valence-corrected chi connectivity index (χ2v) is 4.70. The van der Waals surface area contributed by atoms with Crippen molar-refractivity contribution in [3.8, 4) is 0 Å². The zero-order chi connectivity index (χ0) is 13.1. The minimum Gasteiger partial charge on any atom is -0.368 e. The number of nitrogens with one attached hydrogen (secondary N) is 1. The van der Waals surface area contributed by atoms with E-state index in [4.69, 9.17) is 5.73 Å². The highest BCUT2D eigenvalue weighted by Gasteiger charge is 2.22. The summed E-state index contributed by atoms with van der Waals surface area (Å²) < 4.78 is 13.4. The van der Waals surface area contributed by atoms with Gasteiger partial charge in [0.1, 0.15) is 0 Å². The number of nitrogens with zero attached hydrogens (tertiary/aromatic N) is 4. The molecule has 1 aromatic rings. The van der Waals surface area contributed by atoms with Crippen LogP contribution in [0.15, 0.2) is 6.20 Å². The summed E-state index contributed by atoms with van der Waals surface area (Å²) in [7, 11) is 4.16. The van der Waals surface area contributed by atoms with Crippen molar-refractivity contribution < 1.29 is 4.39 Å². The van der Waals surface area contributed by atoms with Gasteiger partial charge in [-0.3, -0.25) is 4.90 Å². The first-order chi connectivity index (χ1) is 8.56. The first-order valence-corrected chi connectivity index (χ1v) is 5.97. The van der Waals surface area contributed by atoms with Crippen LogP contribution in [0.4, 0.5) is 16.2 Å². The number of hydrogen-bond acceptors (Lipinski definition) is 6. The zero-order valence-electron chi connectivity index (χ0n) is 10.7. The third-order valence-electron chi connectivity index (χ3n) is 3.25. The molecule has 18 heavy (non-hydrogen) atoms. The molecule has 0 spiro atoms. The lowest BCUT2D eigenvalue weighted by molar-refractivity contribution is 0.121. The predicted octanol–water partition coefficient (Wildman–Crippen LogP) is -0.144. The molecule has 2 heterocycles. The Morgan fingerprint density at radius 1 is 1.50 bits per heavy atom. The normalized spacial score (nSPS) is 22.1. The van der Waals surface area contributed by atoms with Crippen LogP contribution in [-0.4, -0.2) is 66.1 Å². The highest BCUT2D eigenvalue weighted by molar-refractivity contribution is 5.39. The summed E-state index contributed by atoms with van der Waals surface area (Å²) in [5.74, 6) is -0.229. The maximum absolute atomic E-state index is 13.4. The van der Waals surface area contributed by atoms with E-state index in [1.165, 1.54) is 0 Å². The van der Waals surface area contributed by atoms with Crippen molar-refractivity contribution in [1.29, 1.82) is 0 Å². The molecular formula is C11H19FN6. The van der Waals surface area contributed by atoms with Crippen LogP contribution in [0.1, 0.15) is 0 Å². The van der Waals surface area contributed by atoms with Crippen LogP contribution < -0.4 is 11.1 Å². The van der Waals surface area contributed by atoms with Crippen molar-refractivity contribution in [2.75, 3.05) is 51.3 Å². The van der Waals surface area contributed by atoms with E-state index in [0.29, 0.717) is 12.6 Å². The summed E-state index contributed by atoms with van der Waals surface area (Å²) in [6, 6.07) is 0.333. The predicted molar refractivity (Wildman–Crippen MR) is 68.8 cm³/mol. The van der Waals surface area contributed by atoms with E-state index < -0.39 is 5.82 Å². The maximum atomic E-state index is 13.4. The number of nitrogens with two attached hydrogens (primary N) is 1. The third-order valence-corrected chi connectivity index (χ3v) is 3.25. The Morgan fingerprint density at radius 3 is 3.06 bits per heavy atom. The molecule has 7 heteroatoms. The average molecular weight is 254 g/mol. The van der Waals surface area contributed by atoms with Gasteiger partial charge >= 0.3 is 0 Å². The van der Waals surface area contributed by atoms with Gasteiger partial charge in [0.2, 0.25) is 5.95 Å². The van der Waals surface area contributed by atoms with Crippen LogP contribution in [0.5, 0.6) is 0 Å². The standard InChI is InChI=1S/C11H19FN6/c1-17-3-4-18(2)8(7-17)5-14-10-9(12)6-15-11(13)16-10/h6,8H,3-5,7H2,1-2H3,(H3,13,14,15,16). The molecule has 0 aliphatic carbocycles. The fourth-order valence-corrected chi connectivity index (χ4v) is 2.04. The minimum atomic E-state index is -0.476. The summed E-state index contributed by atoms with van der Waals surface area (Å²) >= 11 is 0. The first-order valence-electron chi connectivity index (χ1n) is 5.97. The summed E-state index contributed by atoms with van der Waals surface area (Å²) in [5, 5.41) is 3.00. The molecule has 0 radical (unpaired) electrons. The number of halogens is 1. The molecular weight excluding hydrogens is 235 g/mol. The van der Waals surface area contributed by atoms with E-state index in [9.17, 15) is 4.39 Å². The number of rotatable bonds is 3. The molecule has 1 unspecified atom stereocenters. The Hall–Kier alpha value is -1.47. The molecule has 1 aliphatic heterocycles. The van der Waals surface area contributed by atoms with Crippen molar-refractivity contribution >= 4 is 11.8 Å². The van der Waals surface area contributed by atoms with Gasteiger partial charge in [-0.25, -0.2) is 9.37 Å². The van der Waals surface area contributed by atoms with Crippen LogP contribution in [-0.2, 0) is 0 Å². The Balaban J connectivity index is 1.96. The molecule has 3 N–H and O–H groups in total. The van der Waals surface area contributed by atoms with Gasteiger partial charge in [-0.2, -0.15) is 4.98 Å². The molecule has 1 aliphatic rings.